The summed E-state index contributed by atoms with van der Waals surface area (Å²) >= 11 is 3.17. The van der Waals surface area contributed by atoms with Crippen LogP contribution < -0.4 is 0 Å². The lowest BCUT2D eigenvalue weighted by Gasteiger charge is -2.09. The fourth-order valence-corrected chi connectivity index (χ4v) is 2.92. The zero-order valence-corrected chi connectivity index (χ0v) is 14.1. The van der Waals surface area contributed by atoms with Crippen molar-refractivity contribution in [1.29, 1.82) is 0 Å². The maximum Gasteiger partial charge on any atom is 0.273 e. The van der Waals surface area contributed by atoms with Crippen LogP contribution in [0.4, 0.5) is 10.1 Å². The molecule has 0 unspecified atom stereocenters. The summed E-state index contributed by atoms with van der Waals surface area (Å²) in [4.78, 5) is 15.0. The molecule has 0 saturated carbocycles. The van der Waals surface area contributed by atoms with Gasteiger partial charge in [0.25, 0.3) is 5.69 Å². The van der Waals surface area contributed by atoms with Crippen molar-refractivity contribution in [3.63, 3.8) is 0 Å². The van der Waals surface area contributed by atoms with Gasteiger partial charge in [-0.2, -0.15) is 0 Å². The Balaban J connectivity index is 1.86. The van der Waals surface area contributed by atoms with Gasteiger partial charge in [-0.1, -0.05) is 24.3 Å². The van der Waals surface area contributed by atoms with Crippen LogP contribution >= 0.6 is 15.9 Å². The van der Waals surface area contributed by atoms with E-state index in [9.17, 15) is 14.5 Å². The zero-order valence-electron chi connectivity index (χ0n) is 12.5. The highest BCUT2D eigenvalue weighted by atomic mass is 79.9. The molecule has 0 atom stereocenters. The first-order valence-corrected chi connectivity index (χ1v) is 8.00. The first kappa shape index (κ1) is 16.3. The number of aromatic nitrogens is 2. The summed E-state index contributed by atoms with van der Waals surface area (Å²) in [5.41, 5.74) is 1.59. The van der Waals surface area contributed by atoms with E-state index in [0.717, 1.165) is 5.56 Å². The molecule has 0 radical (unpaired) electrons. The first-order valence-electron chi connectivity index (χ1n) is 7.21. The number of imidazole rings is 1. The summed E-state index contributed by atoms with van der Waals surface area (Å²) < 4.78 is 15.6. The van der Waals surface area contributed by atoms with Crippen molar-refractivity contribution in [3.05, 3.63) is 92.2 Å². The lowest BCUT2D eigenvalue weighted by atomic mass is 10.1. The Labute approximate surface area is 146 Å². The van der Waals surface area contributed by atoms with Gasteiger partial charge in [0.2, 0.25) is 0 Å². The van der Waals surface area contributed by atoms with Gasteiger partial charge in [0, 0.05) is 37.0 Å². The molecule has 0 aliphatic heterocycles. The van der Waals surface area contributed by atoms with E-state index in [2.05, 4.69) is 20.9 Å². The van der Waals surface area contributed by atoms with E-state index in [1.54, 1.807) is 42.7 Å². The first-order chi connectivity index (χ1) is 11.5. The Hall–Kier alpha value is -2.54. The number of halogens is 2. The third kappa shape index (κ3) is 3.51. The van der Waals surface area contributed by atoms with E-state index in [4.69, 9.17) is 0 Å². The normalized spacial score (nSPS) is 10.8. The van der Waals surface area contributed by atoms with Crippen molar-refractivity contribution in [2.45, 2.75) is 13.0 Å². The fourth-order valence-electron chi connectivity index (χ4n) is 2.49. The van der Waals surface area contributed by atoms with E-state index in [-0.39, 0.29) is 16.4 Å². The van der Waals surface area contributed by atoms with Crippen LogP contribution in [-0.2, 0) is 13.0 Å². The van der Waals surface area contributed by atoms with Gasteiger partial charge in [-0.05, 0) is 33.6 Å². The average molecular weight is 390 g/mol. The van der Waals surface area contributed by atoms with Gasteiger partial charge in [-0.15, -0.1) is 0 Å². The Morgan fingerprint density at radius 1 is 1.25 bits per heavy atom. The third-order valence-corrected chi connectivity index (χ3v) is 4.28. The minimum atomic E-state index is -0.389. The van der Waals surface area contributed by atoms with Crippen molar-refractivity contribution >= 4 is 21.6 Å². The van der Waals surface area contributed by atoms with E-state index >= 15 is 0 Å². The SMILES string of the molecule is O=[N+]([O-])c1ccccc1Cc1nccn1Cc1ccc(F)c(Br)c1. The summed E-state index contributed by atoms with van der Waals surface area (Å²) in [5, 5.41) is 11.1. The molecule has 0 amide bonds. The van der Waals surface area contributed by atoms with Gasteiger partial charge in [0.1, 0.15) is 11.6 Å². The Morgan fingerprint density at radius 2 is 2.04 bits per heavy atom. The number of hydrogen-bond acceptors (Lipinski definition) is 3. The Bertz CT molecular complexity index is 895. The lowest BCUT2D eigenvalue weighted by molar-refractivity contribution is -0.385. The van der Waals surface area contributed by atoms with Crippen LogP contribution in [0.15, 0.2) is 59.3 Å². The molecule has 2 aromatic carbocycles. The smallest absolute Gasteiger partial charge is 0.273 e. The van der Waals surface area contributed by atoms with Crippen LogP contribution in [-0.4, -0.2) is 14.5 Å². The topological polar surface area (TPSA) is 61.0 Å². The van der Waals surface area contributed by atoms with E-state index in [1.807, 2.05) is 4.57 Å². The molecule has 0 bridgehead atoms. The zero-order chi connectivity index (χ0) is 17.1. The molecular formula is C17H13BrFN3O2. The molecule has 3 rings (SSSR count). The summed E-state index contributed by atoms with van der Waals surface area (Å²) in [6.45, 7) is 0.509. The minimum absolute atomic E-state index is 0.0802. The number of para-hydroxylation sites is 1. The third-order valence-electron chi connectivity index (χ3n) is 3.68. The molecule has 1 heterocycles. The predicted octanol–water partition coefficient (Wildman–Crippen LogP) is 4.33. The number of rotatable bonds is 5. The molecule has 122 valence electrons. The van der Waals surface area contributed by atoms with Crippen LogP contribution in [0.2, 0.25) is 0 Å². The maximum atomic E-state index is 13.3. The number of nitro benzene ring substituents is 1. The molecule has 0 N–H and O–H groups in total. The monoisotopic (exact) mass is 389 g/mol. The highest BCUT2D eigenvalue weighted by molar-refractivity contribution is 9.10. The van der Waals surface area contributed by atoms with Gasteiger partial charge in [0.15, 0.2) is 0 Å². The van der Waals surface area contributed by atoms with Gasteiger partial charge in [-0.25, -0.2) is 9.37 Å². The van der Waals surface area contributed by atoms with Gasteiger partial charge >= 0.3 is 0 Å². The van der Waals surface area contributed by atoms with Crippen LogP contribution in [0.25, 0.3) is 0 Å². The maximum absolute atomic E-state index is 13.3. The molecule has 0 aliphatic carbocycles. The van der Waals surface area contributed by atoms with Crippen molar-refractivity contribution in [3.8, 4) is 0 Å². The number of benzene rings is 2. The molecular weight excluding hydrogens is 377 g/mol. The molecule has 24 heavy (non-hydrogen) atoms. The highest BCUT2D eigenvalue weighted by Crippen LogP contribution is 2.22. The predicted molar refractivity (Wildman–Crippen MR) is 91.3 cm³/mol. The highest BCUT2D eigenvalue weighted by Gasteiger charge is 2.15. The number of nitro groups is 1. The number of nitrogens with zero attached hydrogens (tertiary/aromatic N) is 3. The Morgan fingerprint density at radius 3 is 2.79 bits per heavy atom. The second kappa shape index (κ2) is 6.92. The number of hydrogen-bond donors (Lipinski definition) is 0. The summed E-state index contributed by atoms with van der Waals surface area (Å²) in [6.07, 6.45) is 3.82. The van der Waals surface area contributed by atoms with E-state index in [1.165, 1.54) is 12.1 Å². The van der Waals surface area contributed by atoms with Crippen molar-refractivity contribution in [1.82, 2.24) is 9.55 Å². The van der Waals surface area contributed by atoms with Crippen LogP contribution in [0, 0.1) is 15.9 Å². The standard InChI is InChI=1S/C17H13BrFN3O2/c18-14-9-12(5-6-15(14)19)11-21-8-7-20-17(21)10-13-3-1-2-4-16(13)22(23)24/h1-9H,10-11H2. The second-order valence-electron chi connectivity index (χ2n) is 5.28. The van der Waals surface area contributed by atoms with E-state index in [0.29, 0.717) is 28.8 Å². The van der Waals surface area contributed by atoms with Crippen molar-refractivity contribution < 1.29 is 9.31 Å². The summed E-state index contributed by atoms with van der Waals surface area (Å²) in [7, 11) is 0. The summed E-state index contributed by atoms with van der Waals surface area (Å²) in [5.74, 6) is 0.397. The van der Waals surface area contributed by atoms with Crippen LogP contribution in [0.3, 0.4) is 0 Å². The Kier molecular flexibility index (Phi) is 4.71. The molecule has 0 saturated heterocycles. The minimum Gasteiger partial charge on any atom is -0.330 e. The molecule has 7 heteroatoms. The molecule has 0 spiro atoms. The molecule has 0 aliphatic rings. The van der Waals surface area contributed by atoms with Gasteiger partial charge < -0.3 is 4.57 Å². The quantitative estimate of drug-likeness (QED) is 0.481. The van der Waals surface area contributed by atoms with Crippen LogP contribution in [0.1, 0.15) is 17.0 Å². The molecule has 1 aromatic heterocycles. The van der Waals surface area contributed by atoms with Crippen molar-refractivity contribution in [2.24, 2.45) is 0 Å². The molecule has 5 nitrogen and oxygen atoms in total. The second-order valence-corrected chi connectivity index (χ2v) is 6.14. The molecule has 0 fully saturated rings. The average Bonchev–Trinajstić information content (AvgIpc) is 2.98. The lowest BCUT2D eigenvalue weighted by Crippen LogP contribution is -2.06. The summed E-state index contributed by atoms with van der Waals surface area (Å²) in [6, 6.07) is 11.4. The fraction of sp³-hybridized carbons (Fsp3) is 0.118. The van der Waals surface area contributed by atoms with Crippen molar-refractivity contribution in [2.75, 3.05) is 0 Å². The molecule has 3 aromatic rings. The van der Waals surface area contributed by atoms with Gasteiger partial charge in [-0.3, -0.25) is 10.1 Å². The van der Waals surface area contributed by atoms with Gasteiger partial charge in [0.05, 0.1) is 9.40 Å². The van der Waals surface area contributed by atoms with Crippen LogP contribution in [0.5, 0.6) is 0 Å². The largest absolute Gasteiger partial charge is 0.330 e. The van der Waals surface area contributed by atoms with E-state index < -0.39 is 0 Å².